The summed E-state index contributed by atoms with van der Waals surface area (Å²) in [6.07, 6.45) is 10.6. The van der Waals surface area contributed by atoms with Gasteiger partial charge in [-0.1, -0.05) is 12.8 Å². The molecular formula is C14H29N3. The van der Waals surface area contributed by atoms with Gasteiger partial charge >= 0.3 is 0 Å². The van der Waals surface area contributed by atoms with Crippen molar-refractivity contribution in [1.29, 1.82) is 0 Å². The third-order valence-corrected chi connectivity index (χ3v) is 4.25. The van der Waals surface area contributed by atoms with Crippen LogP contribution >= 0.6 is 0 Å². The first kappa shape index (κ1) is 13.3. The van der Waals surface area contributed by atoms with E-state index in [1.807, 2.05) is 0 Å². The molecule has 0 radical (unpaired) electrons. The fourth-order valence-corrected chi connectivity index (χ4v) is 3.20. The van der Waals surface area contributed by atoms with Crippen LogP contribution in [-0.2, 0) is 0 Å². The first-order chi connectivity index (χ1) is 8.34. The molecular weight excluding hydrogens is 210 g/mol. The number of nitrogens with zero attached hydrogens (tertiary/aromatic N) is 1. The third kappa shape index (κ3) is 4.94. The second-order valence-corrected chi connectivity index (χ2v) is 5.83. The molecule has 2 rings (SSSR count). The molecule has 1 aliphatic heterocycles. The van der Waals surface area contributed by atoms with Crippen molar-refractivity contribution in [3.63, 3.8) is 0 Å². The molecule has 100 valence electrons. The smallest absolute Gasteiger partial charge is 0.00818 e. The van der Waals surface area contributed by atoms with Crippen molar-refractivity contribution in [2.24, 2.45) is 5.73 Å². The number of nitrogens with two attached hydrogens (primary N) is 1. The second-order valence-electron chi connectivity index (χ2n) is 5.83. The van der Waals surface area contributed by atoms with Crippen LogP contribution in [0.25, 0.3) is 0 Å². The van der Waals surface area contributed by atoms with Crippen LogP contribution in [-0.4, -0.2) is 43.2 Å². The van der Waals surface area contributed by atoms with Gasteiger partial charge in [0.05, 0.1) is 0 Å². The maximum atomic E-state index is 6.00. The van der Waals surface area contributed by atoms with Gasteiger partial charge < -0.3 is 16.0 Å². The summed E-state index contributed by atoms with van der Waals surface area (Å²) in [4.78, 5) is 2.62. The molecule has 0 amide bonds. The second kappa shape index (κ2) is 7.34. The maximum absolute atomic E-state index is 6.00. The molecule has 1 aliphatic carbocycles. The van der Waals surface area contributed by atoms with Crippen LogP contribution in [0.1, 0.15) is 51.4 Å². The van der Waals surface area contributed by atoms with Gasteiger partial charge in [0.2, 0.25) is 0 Å². The molecule has 0 aromatic carbocycles. The molecule has 3 heteroatoms. The molecule has 1 heterocycles. The van der Waals surface area contributed by atoms with Crippen molar-refractivity contribution >= 4 is 0 Å². The quantitative estimate of drug-likeness (QED) is 0.718. The van der Waals surface area contributed by atoms with Gasteiger partial charge in [-0.3, -0.25) is 0 Å². The van der Waals surface area contributed by atoms with E-state index >= 15 is 0 Å². The van der Waals surface area contributed by atoms with E-state index in [1.165, 1.54) is 77.5 Å². The van der Waals surface area contributed by atoms with Crippen LogP contribution in [0.2, 0.25) is 0 Å². The Kier molecular flexibility index (Phi) is 5.75. The number of piperidine rings is 1. The van der Waals surface area contributed by atoms with E-state index < -0.39 is 0 Å². The van der Waals surface area contributed by atoms with Crippen molar-refractivity contribution in [3.8, 4) is 0 Å². The van der Waals surface area contributed by atoms with Crippen LogP contribution < -0.4 is 11.1 Å². The lowest BCUT2D eigenvalue weighted by atomic mass is 9.91. The summed E-state index contributed by atoms with van der Waals surface area (Å²) >= 11 is 0. The molecule has 2 fully saturated rings. The SMILES string of the molecule is NC1CCCC(NCCCN2CCCCC2)C1. The van der Waals surface area contributed by atoms with E-state index in [0.717, 1.165) is 0 Å². The van der Waals surface area contributed by atoms with Crippen molar-refractivity contribution in [2.75, 3.05) is 26.2 Å². The molecule has 2 unspecified atom stereocenters. The van der Waals surface area contributed by atoms with Crippen molar-refractivity contribution in [3.05, 3.63) is 0 Å². The van der Waals surface area contributed by atoms with Crippen molar-refractivity contribution < 1.29 is 0 Å². The summed E-state index contributed by atoms with van der Waals surface area (Å²) in [5.74, 6) is 0. The van der Waals surface area contributed by atoms with E-state index in [0.29, 0.717) is 12.1 Å². The Morgan fingerprint density at radius 1 is 1.06 bits per heavy atom. The number of hydrogen-bond acceptors (Lipinski definition) is 3. The predicted molar refractivity (Wildman–Crippen MR) is 73.1 cm³/mol. The molecule has 0 aromatic rings. The Morgan fingerprint density at radius 3 is 2.65 bits per heavy atom. The first-order valence-corrected chi connectivity index (χ1v) is 7.56. The first-order valence-electron chi connectivity index (χ1n) is 7.56. The molecule has 1 saturated carbocycles. The molecule has 2 aliphatic rings. The molecule has 0 bridgehead atoms. The average Bonchev–Trinajstić information content (AvgIpc) is 2.36. The summed E-state index contributed by atoms with van der Waals surface area (Å²) in [6, 6.07) is 1.14. The zero-order valence-corrected chi connectivity index (χ0v) is 11.2. The molecule has 2 atom stereocenters. The normalized spacial score (nSPS) is 31.6. The minimum Gasteiger partial charge on any atom is -0.328 e. The lowest BCUT2D eigenvalue weighted by molar-refractivity contribution is 0.223. The highest BCUT2D eigenvalue weighted by molar-refractivity contribution is 4.79. The van der Waals surface area contributed by atoms with Crippen molar-refractivity contribution in [1.82, 2.24) is 10.2 Å². The van der Waals surface area contributed by atoms with E-state index in [1.54, 1.807) is 0 Å². The molecule has 1 saturated heterocycles. The number of likely N-dealkylation sites (tertiary alicyclic amines) is 1. The summed E-state index contributed by atoms with van der Waals surface area (Å²) in [6.45, 7) is 5.11. The zero-order valence-electron chi connectivity index (χ0n) is 11.2. The van der Waals surface area contributed by atoms with Crippen LogP contribution in [0.15, 0.2) is 0 Å². The van der Waals surface area contributed by atoms with E-state index in [2.05, 4.69) is 10.2 Å². The monoisotopic (exact) mass is 239 g/mol. The highest BCUT2D eigenvalue weighted by Crippen LogP contribution is 2.16. The highest BCUT2D eigenvalue weighted by atomic mass is 15.1. The highest BCUT2D eigenvalue weighted by Gasteiger charge is 2.18. The Labute approximate surface area is 106 Å². The van der Waals surface area contributed by atoms with E-state index in [4.69, 9.17) is 5.73 Å². The van der Waals surface area contributed by atoms with Gasteiger partial charge in [-0.2, -0.15) is 0 Å². The molecule has 3 N–H and O–H groups in total. The average molecular weight is 239 g/mol. The van der Waals surface area contributed by atoms with Gasteiger partial charge in [0.25, 0.3) is 0 Å². The van der Waals surface area contributed by atoms with Crippen molar-refractivity contribution in [2.45, 2.75) is 63.5 Å². The fourth-order valence-electron chi connectivity index (χ4n) is 3.20. The Morgan fingerprint density at radius 2 is 1.88 bits per heavy atom. The molecule has 0 aromatic heterocycles. The number of nitrogens with one attached hydrogen (secondary N) is 1. The Hall–Kier alpha value is -0.120. The number of rotatable bonds is 5. The summed E-state index contributed by atoms with van der Waals surface area (Å²) in [7, 11) is 0. The summed E-state index contributed by atoms with van der Waals surface area (Å²) < 4.78 is 0. The summed E-state index contributed by atoms with van der Waals surface area (Å²) in [5, 5.41) is 3.68. The Bertz CT molecular complexity index is 202. The van der Waals surface area contributed by atoms with Crippen LogP contribution in [0, 0.1) is 0 Å². The van der Waals surface area contributed by atoms with E-state index in [9.17, 15) is 0 Å². The molecule has 17 heavy (non-hydrogen) atoms. The number of hydrogen-bond donors (Lipinski definition) is 2. The summed E-state index contributed by atoms with van der Waals surface area (Å²) in [5.41, 5.74) is 6.00. The Balaban J connectivity index is 1.50. The van der Waals surface area contributed by atoms with Gasteiger partial charge in [0.15, 0.2) is 0 Å². The van der Waals surface area contributed by atoms with Crippen LogP contribution in [0.5, 0.6) is 0 Å². The third-order valence-electron chi connectivity index (χ3n) is 4.25. The largest absolute Gasteiger partial charge is 0.328 e. The lowest BCUT2D eigenvalue weighted by Gasteiger charge is -2.29. The topological polar surface area (TPSA) is 41.3 Å². The van der Waals surface area contributed by atoms with Gasteiger partial charge in [0.1, 0.15) is 0 Å². The van der Waals surface area contributed by atoms with Gasteiger partial charge in [-0.05, 0) is 64.7 Å². The predicted octanol–water partition coefficient (Wildman–Crippen LogP) is 1.72. The van der Waals surface area contributed by atoms with Gasteiger partial charge in [0, 0.05) is 12.1 Å². The fraction of sp³-hybridized carbons (Fsp3) is 1.00. The standard InChI is InChI=1S/C14H29N3/c15-13-6-4-7-14(12-13)16-8-5-11-17-9-2-1-3-10-17/h13-14,16H,1-12,15H2. The maximum Gasteiger partial charge on any atom is 0.00818 e. The van der Waals surface area contributed by atoms with Crippen LogP contribution in [0.3, 0.4) is 0 Å². The van der Waals surface area contributed by atoms with E-state index in [-0.39, 0.29) is 0 Å². The zero-order chi connectivity index (χ0) is 11.9. The minimum absolute atomic E-state index is 0.448. The molecule has 0 spiro atoms. The molecule has 3 nitrogen and oxygen atoms in total. The van der Waals surface area contributed by atoms with Gasteiger partial charge in [-0.25, -0.2) is 0 Å². The van der Waals surface area contributed by atoms with Gasteiger partial charge in [-0.15, -0.1) is 0 Å². The van der Waals surface area contributed by atoms with Crippen LogP contribution in [0.4, 0.5) is 0 Å². The minimum atomic E-state index is 0.448. The lowest BCUT2D eigenvalue weighted by Crippen LogP contribution is -2.40.